The number of para-hydroxylation sites is 1. The van der Waals surface area contributed by atoms with Crippen molar-refractivity contribution in [2.75, 3.05) is 18.4 Å². The fraction of sp³-hybridized carbons (Fsp3) is 0.227. The van der Waals surface area contributed by atoms with Gasteiger partial charge in [0.15, 0.2) is 0 Å². The molecule has 2 aromatic carbocycles. The van der Waals surface area contributed by atoms with Gasteiger partial charge in [-0.05, 0) is 48.7 Å². The predicted octanol–water partition coefficient (Wildman–Crippen LogP) is 2.82. The van der Waals surface area contributed by atoms with Crippen LogP contribution in [0.4, 0.5) is 10.1 Å². The first-order valence-corrected chi connectivity index (χ1v) is 9.36. The molecular weight excluding hydrogens is 373 g/mol. The summed E-state index contributed by atoms with van der Waals surface area (Å²) >= 11 is 0. The van der Waals surface area contributed by atoms with Gasteiger partial charge in [-0.1, -0.05) is 24.3 Å². The van der Waals surface area contributed by atoms with E-state index in [1.54, 1.807) is 47.4 Å². The third-order valence-corrected chi connectivity index (χ3v) is 4.90. The van der Waals surface area contributed by atoms with Gasteiger partial charge in [-0.3, -0.25) is 14.4 Å². The highest BCUT2D eigenvalue weighted by Gasteiger charge is 2.27. The summed E-state index contributed by atoms with van der Waals surface area (Å²) in [5.74, 6) is -1.49. The van der Waals surface area contributed by atoms with E-state index in [0.717, 1.165) is 0 Å². The number of benzene rings is 2. The van der Waals surface area contributed by atoms with E-state index in [9.17, 15) is 18.8 Å². The normalized spacial score (nSPS) is 14.7. The number of nitrogens with zero attached hydrogens (tertiary/aromatic N) is 1. The molecule has 0 saturated carbocycles. The van der Waals surface area contributed by atoms with Crippen molar-refractivity contribution in [2.24, 2.45) is 11.7 Å². The second-order valence-electron chi connectivity index (χ2n) is 6.89. The van der Waals surface area contributed by atoms with Gasteiger partial charge in [-0.25, -0.2) is 4.39 Å². The number of amides is 3. The van der Waals surface area contributed by atoms with Crippen LogP contribution in [0.1, 0.15) is 28.8 Å². The number of anilines is 1. The number of nitrogens with one attached hydrogen (secondary N) is 1. The minimum atomic E-state index is -0.401. The third kappa shape index (κ3) is 5.28. The van der Waals surface area contributed by atoms with Crippen LogP contribution in [-0.2, 0) is 9.59 Å². The van der Waals surface area contributed by atoms with E-state index in [1.165, 1.54) is 18.2 Å². The summed E-state index contributed by atoms with van der Waals surface area (Å²) in [6.07, 6.45) is 3.96. The van der Waals surface area contributed by atoms with Crippen molar-refractivity contribution in [3.05, 3.63) is 71.6 Å². The van der Waals surface area contributed by atoms with Crippen LogP contribution in [0.5, 0.6) is 0 Å². The number of likely N-dealkylation sites (tertiary alicyclic amines) is 1. The van der Waals surface area contributed by atoms with E-state index in [1.807, 2.05) is 0 Å². The largest absolute Gasteiger partial charge is 0.369 e. The van der Waals surface area contributed by atoms with Crippen LogP contribution in [0.15, 0.2) is 54.6 Å². The Morgan fingerprint density at radius 1 is 1.03 bits per heavy atom. The molecule has 1 fully saturated rings. The highest BCUT2D eigenvalue weighted by Crippen LogP contribution is 2.22. The Morgan fingerprint density at radius 3 is 2.34 bits per heavy atom. The van der Waals surface area contributed by atoms with Crippen LogP contribution in [0.25, 0.3) is 6.08 Å². The second-order valence-corrected chi connectivity index (χ2v) is 6.89. The summed E-state index contributed by atoms with van der Waals surface area (Å²) in [6.45, 7) is 0.887. The van der Waals surface area contributed by atoms with Gasteiger partial charge in [0.25, 0.3) is 5.91 Å². The molecule has 3 amide bonds. The Balaban J connectivity index is 1.67. The molecule has 0 unspecified atom stereocenters. The molecule has 0 atom stereocenters. The van der Waals surface area contributed by atoms with E-state index in [2.05, 4.69) is 5.32 Å². The Hall–Kier alpha value is -3.48. The molecule has 150 valence electrons. The van der Waals surface area contributed by atoms with Crippen molar-refractivity contribution >= 4 is 29.5 Å². The molecule has 0 spiro atoms. The molecule has 1 aliphatic heterocycles. The van der Waals surface area contributed by atoms with Crippen molar-refractivity contribution in [3.8, 4) is 0 Å². The van der Waals surface area contributed by atoms with Crippen molar-refractivity contribution < 1.29 is 18.8 Å². The molecule has 0 bridgehead atoms. The zero-order valence-corrected chi connectivity index (χ0v) is 15.8. The molecule has 1 aliphatic rings. The van der Waals surface area contributed by atoms with Crippen molar-refractivity contribution in [1.82, 2.24) is 4.90 Å². The topological polar surface area (TPSA) is 92.5 Å². The van der Waals surface area contributed by atoms with Crippen LogP contribution < -0.4 is 11.1 Å². The van der Waals surface area contributed by atoms with Crippen molar-refractivity contribution in [3.63, 3.8) is 0 Å². The highest BCUT2D eigenvalue weighted by atomic mass is 19.1. The lowest BCUT2D eigenvalue weighted by atomic mass is 9.95. The number of rotatable bonds is 5. The molecule has 0 aliphatic carbocycles. The molecule has 29 heavy (non-hydrogen) atoms. The molecule has 6 nitrogen and oxygen atoms in total. The van der Waals surface area contributed by atoms with Crippen LogP contribution in [0, 0.1) is 11.7 Å². The smallest absolute Gasteiger partial charge is 0.255 e. The fourth-order valence-corrected chi connectivity index (χ4v) is 3.24. The van der Waals surface area contributed by atoms with Gasteiger partial charge in [0, 0.05) is 25.1 Å². The van der Waals surface area contributed by atoms with Gasteiger partial charge in [-0.2, -0.15) is 0 Å². The lowest BCUT2D eigenvalue weighted by Gasteiger charge is -2.31. The Labute approximate surface area is 168 Å². The van der Waals surface area contributed by atoms with Gasteiger partial charge >= 0.3 is 0 Å². The Morgan fingerprint density at radius 2 is 1.69 bits per heavy atom. The van der Waals surface area contributed by atoms with E-state index in [-0.39, 0.29) is 23.5 Å². The van der Waals surface area contributed by atoms with Gasteiger partial charge in [0.05, 0.1) is 11.3 Å². The van der Waals surface area contributed by atoms with Crippen LogP contribution >= 0.6 is 0 Å². The SMILES string of the molecule is NC(=O)C1CCN(C(=O)c2ccccc2NC(=O)C=Cc2ccc(F)cc2)CC1. The first kappa shape index (κ1) is 20.3. The molecule has 0 aromatic heterocycles. The van der Waals surface area contributed by atoms with Crippen LogP contribution in [0.2, 0.25) is 0 Å². The number of hydrogen-bond acceptors (Lipinski definition) is 3. The van der Waals surface area contributed by atoms with E-state index in [0.29, 0.717) is 42.7 Å². The summed E-state index contributed by atoms with van der Waals surface area (Å²) in [6, 6.07) is 12.5. The van der Waals surface area contributed by atoms with E-state index >= 15 is 0 Å². The monoisotopic (exact) mass is 395 g/mol. The molecule has 1 heterocycles. The zero-order valence-electron chi connectivity index (χ0n) is 15.8. The van der Waals surface area contributed by atoms with Gasteiger partial charge in [0.1, 0.15) is 5.82 Å². The predicted molar refractivity (Wildman–Crippen MR) is 108 cm³/mol. The summed E-state index contributed by atoms with van der Waals surface area (Å²) in [4.78, 5) is 38.1. The minimum absolute atomic E-state index is 0.202. The molecular formula is C22H22FN3O3. The number of carbonyl (C=O) groups is 3. The van der Waals surface area contributed by atoms with Crippen LogP contribution in [0.3, 0.4) is 0 Å². The number of piperidine rings is 1. The lowest BCUT2D eigenvalue weighted by Crippen LogP contribution is -2.42. The van der Waals surface area contributed by atoms with Gasteiger partial charge < -0.3 is 16.0 Å². The lowest BCUT2D eigenvalue weighted by molar-refractivity contribution is -0.123. The zero-order chi connectivity index (χ0) is 20.8. The number of halogens is 1. The number of carbonyl (C=O) groups excluding carboxylic acids is 3. The second kappa shape index (κ2) is 9.14. The quantitative estimate of drug-likeness (QED) is 0.763. The molecule has 3 rings (SSSR count). The molecule has 7 heteroatoms. The van der Waals surface area contributed by atoms with Gasteiger partial charge in [-0.15, -0.1) is 0 Å². The first-order chi connectivity index (χ1) is 13.9. The summed E-state index contributed by atoms with van der Waals surface area (Å²) in [5, 5.41) is 2.72. The number of hydrogen-bond donors (Lipinski definition) is 2. The summed E-state index contributed by atoms with van der Waals surface area (Å²) < 4.78 is 12.9. The number of nitrogens with two attached hydrogens (primary N) is 1. The van der Waals surface area contributed by atoms with Crippen molar-refractivity contribution in [2.45, 2.75) is 12.8 Å². The van der Waals surface area contributed by atoms with Gasteiger partial charge in [0.2, 0.25) is 11.8 Å². The molecule has 2 aromatic rings. The summed E-state index contributed by atoms with van der Waals surface area (Å²) in [7, 11) is 0. The third-order valence-electron chi connectivity index (χ3n) is 4.90. The average molecular weight is 395 g/mol. The van der Waals surface area contributed by atoms with E-state index in [4.69, 9.17) is 5.73 Å². The average Bonchev–Trinajstić information content (AvgIpc) is 2.73. The minimum Gasteiger partial charge on any atom is -0.369 e. The maximum Gasteiger partial charge on any atom is 0.255 e. The Bertz CT molecular complexity index is 933. The summed E-state index contributed by atoms with van der Waals surface area (Å²) in [5.41, 5.74) is 6.81. The molecule has 3 N–H and O–H groups in total. The fourth-order valence-electron chi connectivity index (χ4n) is 3.24. The standard InChI is InChI=1S/C22H22FN3O3/c23-17-8-5-15(6-9-17)7-10-20(27)25-19-4-2-1-3-18(19)22(29)26-13-11-16(12-14-26)21(24)28/h1-10,16H,11-14H2,(H2,24,28)(H,25,27). The Kier molecular flexibility index (Phi) is 6.39. The van der Waals surface area contributed by atoms with E-state index < -0.39 is 5.91 Å². The van der Waals surface area contributed by atoms with Crippen molar-refractivity contribution in [1.29, 1.82) is 0 Å². The first-order valence-electron chi connectivity index (χ1n) is 9.36. The number of primary amides is 1. The maximum atomic E-state index is 12.9. The molecule has 1 saturated heterocycles. The highest BCUT2D eigenvalue weighted by molar-refractivity contribution is 6.07. The van der Waals surface area contributed by atoms with Crippen LogP contribution in [-0.4, -0.2) is 35.7 Å². The maximum absolute atomic E-state index is 12.9. The molecule has 0 radical (unpaired) electrons.